The standard InChI is InChI=1S/C3H9N6O6/c10-7(11)4-1-5(8(12)13)3-6(2-4)9(14)15/h1-3H2,(H,10,11)(H,12,13)(H,14,15)/q+3. The minimum atomic E-state index is -0.619. The van der Waals surface area contributed by atoms with Gasteiger partial charge in [0.1, 0.15) is 14.7 Å². The van der Waals surface area contributed by atoms with E-state index < -0.39 is 35.1 Å². The molecular formula is C3H9N6O6+3. The first kappa shape index (κ1) is 10.7. The van der Waals surface area contributed by atoms with Crippen LogP contribution >= 0.6 is 0 Å². The number of rotatable bonds is 3. The topological polar surface area (TPSA) is 131 Å². The molecule has 0 amide bonds. The van der Waals surface area contributed by atoms with E-state index in [1.807, 2.05) is 0 Å². The van der Waals surface area contributed by atoms with Crippen LogP contribution in [0.3, 0.4) is 0 Å². The summed E-state index contributed by atoms with van der Waals surface area (Å²) in [5, 5.41) is 25.4. The van der Waals surface area contributed by atoms with E-state index >= 15 is 0 Å². The molecule has 3 N–H and O–H groups in total. The molecule has 0 radical (unpaired) electrons. The number of hydrazine groups is 3. The van der Waals surface area contributed by atoms with Gasteiger partial charge in [-0.1, -0.05) is 0 Å². The van der Waals surface area contributed by atoms with E-state index in [2.05, 4.69) is 0 Å². The highest BCUT2D eigenvalue weighted by Gasteiger charge is 2.45. The monoisotopic (exact) mass is 225 g/mol. The lowest BCUT2D eigenvalue weighted by Crippen LogP contribution is -2.60. The van der Waals surface area contributed by atoms with E-state index in [9.17, 15) is 14.7 Å². The van der Waals surface area contributed by atoms with Crippen LogP contribution in [0, 0.1) is 14.7 Å². The fraction of sp³-hybridized carbons (Fsp3) is 1.00. The summed E-state index contributed by atoms with van der Waals surface area (Å²) in [4.78, 5) is 31.4. The van der Waals surface area contributed by atoms with Gasteiger partial charge in [-0.3, -0.25) is 0 Å². The number of hydrogen-bond donors (Lipinski definition) is 3. The van der Waals surface area contributed by atoms with Crippen molar-refractivity contribution in [1.82, 2.24) is 15.0 Å². The maximum atomic E-state index is 10.5. The zero-order chi connectivity index (χ0) is 11.6. The molecular weight excluding hydrogens is 216 g/mol. The SMILES string of the molecule is O=[N+](O)N1CN([N+](=O)O)CN([N+](=O)O)C1. The molecule has 0 aromatic rings. The van der Waals surface area contributed by atoms with Crippen molar-refractivity contribution in [2.45, 2.75) is 0 Å². The van der Waals surface area contributed by atoms with E-state index in [0.717, 1.165) is 0 Å². The van der Waals surface area contributed by atoms with Gasteiger partial charge in [0, 0.05) is 0 Å². The van der Waals surface area contributed by atoms with Crippen molar-refractivity contribution in [3.63, 3.8) is 0 Å². The van der Waals surface area contributed by atoms with Crippen molar-refractivity contribution < 1.29 is 30.7 Å². The highest BCUT2D eigenvalue weighted by Crippen LogP contribution is 2.05. The predicted molar refractivity (Wildman–Crippen MR) is 36.4 cm³/mol. The maximum Gasteiger partial charge on any atom is 0.361 e. The fourth-order valence-corrected chi connectivity index (χ4v) is 1.02. The molecule has 12 nitrogen and oxygen atoms in total. The Labute approximate surface area is 81.6 Å². The summed E-state index contributed by atoms with van der Waals surface area (Å²) in [5.74, 6) is 0. The van der Waals surface area contributed by atoms with Gasteiger partial charge in [0.25, 0.3) is 0 Å². The minimum Gasteiger partial charge on any atom is -0.219 e. The summed E-state index contributed by atoms with van der Waals surface area (Å²) in [5.41, 5.74) is 0. The van der Waals surface area contributed by atoms with E-state index in [1.165, 1.54) is 0 Å². The van der Waals surface area contributed by atoms with Gasteiger partial charge < -0.3 is 0 Å². The van der Waals surface area contributed by atoms with E-state index in [4.69, 9.17) is 15.6 Å². The summed E-state index contributed by atoms with van der Waals surface area (Å²) in [6.45, 7) is -1.32. The zero-order valence-electron chi connectivity index (χ0n) is 7.37. The molecule has 1 aliphatic heterocycles. The Hall–Kier alpha value is -2.40. The average molecular weight is 225 g/mol. The molecule has 1 heterocycles. The van der Waals surface area contributed by atoms with Crippen LogP contribution in [-0.4, -0.2) is 65.8 Å². The molecule has 1 aliphatic rings. The lowest BCUT2D eigenvalue weighted by molar-refractivity contribution is -0.980. The van der Waals surface area contributed by atoms with Crippen LogP contribution in [0.15, 0.2) is 0 Å². The normalized spacial score (nSPS) is 16.4. The third-order valence-corrected chi connectivity index (χ3v) is 1.71. The van der Waals surface area contributed by atoms with Gasteiger partial charge in [-0.05, 0) is 15.0 Å². The Morgan fingerprint density at radius 1 is 0.667 bits per heavy atom. The zero-order valence-corrected chi connectivity index (χ0v) is 7.37. The lowest BCUT2D eigenvalue weighted by Gasteiger charge is -2.22. The molecule has 1 rings (SSSR count). The van der Waals surface area contributed by atoms with Gasteiger partial charge in [-0.15, -0.1) is 0 Å². The molecule has 0 aliphatic carbocycles. The van der Waals surface area contributed by atoms with Gasteiger partial charge in [0.2, 0.25) is 20.0 Å². The summed E-state index contributed by atoms with van der Waals surface area (Å²) < 4.78 is 0. The van der Waals surface area contributed by atoms with E-state index in [1.54, 1.807) is 0 Å². The van der Waals surface area contributed by atoms with Crippen LogP contribution in [0.1, 0.15) is 0 Å². The van der Waals surface area contributed by atoms with Gasteiger partial charge in [0.05, 0.1) is 0 Å². The second kappa shape index (κ2) is 3.77. The second-order valence-corrected chi connectivity index (χ2v) is 2.70. The van der Waals surface area contributed by atoms with Crippen molar-refractivity contribution in [3.8, 4) is 0 Å². The van der Waals surface area contributed by atoms with Crippen molar-refractivity contribution in [1.29, 1.82) is 0 Å². The summed E-state index contributed by atoms with van der Waals surface area (Å²) in [6, 6.07) is 0. The third-order valence-electron chi connectivity index (χ3n) is 1.71. The van der Waals surface area contributed by atoms with E-state index in [-0.39, 0.29) is 0 Å². The van der Waals surface area contributed by atoms with E-state index in [0.29, 0.717) is 15.0 Å². The molecule has 1 saturated heterocycles. The van der Waals surface area contributed by atoms with Crippen LogP contribution in [0.4, 0.5) is 0 Å². The summed E-state index contributed by atoms with van der Waals surface area (Å²) in [6.07, 6.45) is 0. The molecule has 0 saturated carbocycles. The van der Waals surface area contributed by atoms with Gasteiger partial charge in [-0.25, -0.2) is 15.6 Å². The van der Waals surface area contributed by atoms with Crippen LogP contribution in [0.2, 0.25) is 0 Å². The highest BCUT2D eigenvalue weighted by atomic mass is 16.7. The first-order valence-corrected chi connectivity index (χ1v) is 3.65. The Kier molecular flexibility index (Phi) is 2.68. The Balaban J connectivity index is 2.77. The molecule has 0 aromatic heterocycles. The highest BCUT2D eigenvalue weighted by molar-refractivity contribution is 4.47. The quantitative estimate of drug-likeness (QED) is 0.468. The Bertz CT molecular complexity index is 252. The van der Waals surface area contributed by atoms with Crippen LogP contribution in [-0.2, 0) is 0 Å². The molecule has 0 aromatic carbocycles. The lowest BCUT2D eigenvalue weighted by atomic mass is 10.7. The minimum absolute atomic E-state index is 0.440. The third kappa shape index (κ3) is 2.29. The van der Waals surface area contributed by atoms with Crippen molar-refractivity contribution >= 4 is 0 Å². The fourth-order valence-electron chi connectivity index (χ4n) is 1.02. The largest absolute Gasteiger partial charge is 0.361 e. The predicted octanol–water partition coefficient (Wildman–Crippen LogP) is -1.97. The first-order chi connectivity index (χ1) is 6.91. The molecule has 84 valence electrons. The van der Waals surface area contributed by atoms with Gasteiger partial charge >= 0.3 is 15.1 Å². The maximum absolute atomic E-state index is 10.5. The Morgan fingerprint density at radius 3 is 1.00 bits per heavy atom. The van der Waals surface area contributed by atoms with Crippen molar-refractivity contribution in [3.05, 3.63) is 14.7 Å². The van der Waals surface area contributed by atoms with Gasteiger partial charge in [-0.2, -0.15) is 0 Å². The summed E-state index contributed by atoms with van der Waals surface area (Å²) >= 11 is 0. The summed E-state index contributed by atoms with van der Waals surface area (Å²) in [7, 11) is 0. The average Bonchev–Trinajstić information content (AvgIpc) is 2.16. The van der Waals surface area contributed by atoms with Crippen LogP contribution < -0.4 is 0 Å². The molecule has 12 heteroatoms. The smallest absolute Gasteiger partial charge is 0.219 e. The number of hydrogen-bond acceptors (Lipinski definition) is 3. The molecule has 15 heavy (non-hydrogen) atoms. The molecule has 0 bridgehead atoms. The van der Waals surface area contributed by atoms with Crippen LogP contribution in [0.25, 0.3) is 0 Å². The van der Waals surface area contributed by atoms with Crippen molar-refractivity contribution in [2.24, 2.45) is 0 Å². The molecule has 1 fully saturated rings. The molecule has 0 atom stereocenters. The van der Waals surface area contributed by atoms with Gasteiger partial charge in [0.15, 0.2) is 0 Å². The molecule has 0 unspecified atom stereocenters. The molecule has 0 spiro atoms. The van der Waals surface area contributed by atoms with Crippen molar-refractivity contribution in [2.75, 3.05) is 20.0 Å². The van der Waals surface area contributed by atoms with Crippen LogP contribution in [0.5, 0.6) is 0 Å². The second-order valence-electron chi connectivity index (χ2n) is 2.70. The number of nitrogens with zero attached hydrogens (tertiary/aromatic N) is 6. The Morgan fingerprint density at radius 2 is 0.867 bits per heavy atom. The first-order valence-electron chi connectivity index (χ1n) is 3.65.